The minimum absolute atomic E-state index is 0.121. The monoisotopic (exact) mass is 584 g/mol. The van der Waals surface area contributed by atoms with Gasteiger partial charge in [-0.3, -0.25) is 0 Å². The summed E-state index contributed by atoms with van der Waals surface area (Å²) in [6.07, 6.45) is 18.5. The molecule has 3 heterocycles. The topological polar surface area (TPSA) is 43.6 Å². The molecule has 2 aliphatic carbocycles. The Morgan fingerprint density at radius 2 is 1.45 bits per heavy atom. The number of thioether (sulfide) groups is 1. The van der Waals surface area contributed by atoms with Crippen LogP contribution in [-0.2, 0) is 0 Å². The van der Waals surface area contributed by atoms with E-state index in [9.17, 15) is 0 Å². The largest absolute Gasteiger partial charge is 0.308 e. The first-order valence-electron chi connectivity index (χ1n) is 15.1. The molecule has 9 rings (SSSR count). The van der Waals surface area contributed by atoms with Crippen LogP contribution in [0.25, 0.3) is 50.3 Å². The van der Waals surface area contributed by atoms with E-state index < -0.39 is 0 Å². The second-order valence-corrected chi connectivity index (χ2v) is 12.7. The van der Waals surface area contributed by atoms with Crippen LogP contribution in [0.1, 0.15) is 29.6 Å². The average molecular weight is 585 g/mol. The van der Waals surface area contributed by atoms with Gasteiger partial charge in [0.25, 0.3) is 0 Å². The second-order valence-electron chi connectivity index (χ2n) is 11.5. The molecule has 0 amide bonds. The van der Waals surface area contributed by atoms with Crippen LogP contribution < -0.4 is 0 Å². The highest BCUT2D eigenvalue weighted by atomic mass is 32.2. The number of benzene rings is 4. The molecule has 0 spiro atoms. The maximum absolute atomic E-state index is 5.07. The number of para-hydroxylation sites is 1. The molecule has 1 aliphatic heterocycles. The minimum atomic E-state index is 0.121. The number of rotatable bonds is 4. The molecule has 0 saturated carbocycles. The summed E-state index contributed by atoms with van der Waals surface area (Å²) in [6.45, 7) is 0. The summed E-state index contributed by atoms with van der Waals surface area (Å²) in [6, 6.07) is 32.3. The standard InChI is InChI=1S/C39H28N4S/c1-3-12-25(13-4-1)37-40-38(26-14-5-2-6-15-26)42-39(41-37)27-16-11-17-28(24-27)43-33-20-9-7-18-29(33)31-22-23-32-30-19-8-10-21-34(30)44-36(32)35(31)43/h1-14,16-24,26,30,34H,15H2. The molecular formula is C39H28N4S. The van der Waals surface area contributed by atoms with Crippen molar-refractivity contribution in [2.45, 2.75) is 28.4 Å². The normalized spacial score (nSPS) is 20.0. The van der Waals surface area contributed by atoms with E-state index in [1.54, 1.807) is 0 Å². The summed E-state index contributed by atoms with van der Waals surface area (Å²) in [7, 11) is 0. The van der Waals surface area contributed by atoms with E-state index >= 15 is 0 Å². The van der Waals surface area contributed by atoms with E-state index in [1.807, 2.05) is 30.0 Å². The third-order valence-electron chi connectivity index (χ3n) is 8.88. The molecule has 4 aromatic carbocycles. The predicted molar refractivity (Wildman–Crippen MR) is 181 cm³/mol. The van der Waals surface area contributed by atoms with Gasteiger partial charge in [-0.2, -0.15) is 0 Å². The lowest BCUT2D eigenvalue weighted by molar-refractivity contribution is 0.764. The van der Waals surface area contributed by atoms with Gasteiger partial charge in [-0.05, 0) is 30.2 Å². The van der Waals surface area contributed by atoms with Gasteiger partial charge in [-0.1, -0.05) is 121 Å². The Morgan fingerprint density at radius 3 is 2.34 bits per heavy atom. The summed E-state index contributed by atoms with van der Waals surface area (Å²) in [5, 5.41) is 2.99. The first-order valence-corrected chi connectivity index (χ1v) is 16.0. The van der Waals surface area contributed by atoms with Gasteiger partial charge >= 0.3 is 0 Å². The van der Waals surface area contributed by atoms with Gasteiger partial charge in [0.15, 0.2) is 11.6 Å². The molecule has 0 N–H and O–H groups in total. The van der Waals surface area contributed by atoms with Crippen LogP contribution in [0.2, 0.25) is 0 Å². The molecular weight excluding hydrogens is 557 g/mol. The molecule has 0 fully saturated rings. The third kappa shape index (κ3) is 4.11. The van der Waals surface area contributed by atoms with E-state index in [2.05, 4.69) is 126 Å². The zero-order chi connectivity index (χ0) is 29.0. The van der Waals surface area contributed by atoms with E-state index in [0.29, 0.717) is 22.8 Å². The number of hydrogen-bond acceptors (Lipinski definition) is 4. The fourth-order valence-corrected chi connectivity index (χ4v) is 8.25. The average Bonchev–Trinajstić information content (AvgIpc) is 3.65. The Labute approximate surface area is 260 Å². The molecule has 210 valence electrons. The van der Waals surface area contributed by atoms with Crippen molar-refractivity contribution in [3.05, 3.63) is 151 Å². The van der Waals surface area contributed by atoms with Crippen LogP contribution in [0.3, 0.4) is 0 Å². The molecule has 4 nitrogen and oxygen atoms in total. The highest BCUT2D eigenvalue weighted by molar-refractivity contribution is 8.00. The Morgan fingerprint density at radius 1 is 0.659 bits per heavy atom. The lowest BCUT2D eigenvalue weighted by atomic mass is 9.92. The van der Waals surface area contributed by atoms with Crippen LogP contribution >= 0.6 is 11.8 Å². The lowest BCUT2D eigenvalue weighted by Crippen LogP contribution is -2.08. The third-order valence-corrected chi connectivity index (χ3v) is 10.3. The number of hydrogen-bond donors (Lipinski definition) is 0. The number of allylic oxidation sites excluding steroid dienone is 7. The van der Waals surface area contributed by atoms with Gasteiger partial charge in [-0.15, -0.1) is 11.8 Å². The summed E-state index contributed by atoms with van der Waals surface area (Å²) in [5.41, 5.74) is 6.97. The van der Waals surface area contributed by atoms with Crippen LogP contribution in [0.4, 0.5) is 0 Å². The lowest BCUT2D eigenvalue weighted by Gasteiger charge is -2.15. The van der Waals surface area contributed by atoms with Gasteiger partial charge in [-0.25, -0.2) is 15.0 Å². The smallest absolute Gasteiger partial charge is 0.163 e. The van der Waals surface area contributed by atoms with Crippen molar-refractivity contribution in [2.75, 3.05) is 0 Å². The van der Waals surface area contributed by atoms with Crippen LogP contribution in [0.5, 0.6) is 0 Å². The van der Waals surface area contributed by atoms with Crippen molar-refractivity contribution < 1.29 is 0 Å². The van der Waals surface area contributed by atoms with Crippen molar-refractivity contribution in [2.24, 2.45) is 0 Å². The van der Waals surface area contributed by atoms with Crippen molar-refractivity contribution in [1.82, 2.24) is 19.5 Å². The second kappa shape index (κ2) is 10.3. The molecule has 5 heteroatoms. The molecule has 0 saturated heterocycles. The summed E-state index contributed by atoms with van der Waals surface area (Å²) >= 11 is 1.99. The Balaban J connectivity index is 1.24. The Bertz CT molecular complexity index is 2210. The van der Waals surface area contributed by atoms with Crippen molar-refractivity contribution in [1.29, 1.82) is 0 Å². The summed E-state index contributed by atoms with van der Waals surface area (Å²) < 4.78 is 2.44. The predicted octanol–water partition coefficient (Wildman–Crippen LogP) is 9.59. The van der Waals surface area contributed by atoms with Gasteiger partial charge in [0, 0.05) is 49.6 Å². The summed E-state index contributed by atoms with van der Waals surface area (Å²) in [5.74, 6) is 2.73. The first kappa shape index (κ1) is 25.5. The highest BCUT2D eigenvalue weighted by Crippen LogP contribution is 2.52. The van der Waals surface area contributed by atoms with Gasteiger partial charge in [0.1, 0.15) is 5.82 Å². The molecule has 3 atom stereocenters. The first-order chi connectivity index (χ1) is 21.8. The highest BCUT2D eigenvalue weighted by Gasteiger charge is 2.34. The van der Waals surface area contributed by atoms with Crippen LogP contribution in [-0.4, -0.2) is 24.8 Å². The van der Waals surface area contributed by atoms with E-state index in [4.69, 9.17) is 15.0 Å². The fraction of sp³-hybridized carbons (Fsp3) is 0.103. The molecule has 44 heavy (non-hydrogen) atoms. The van der Waals surface area contributed by atoms with Gasteiger partial charge < -0.3 is 4.57 Å². The maximum atomic E-state index is 5.07. The van der Waals surface area contributed by atoms with Crippen molar-refractivity contribution in [3.8, 4) is 28.5 Å². The van der Waals surface area contributed by atoms with Gasteiger partial charge in [0.2, 0.25) is 0 Å². The number of aromatic nitrogens is 4. The quantitative estimate of drug-likeness (QED) is 0.207. The van der Waals surface area contributed by atoms with Crippen molar-refractivity contribution >= 4 is 33.6 Å². The van der Waals surface area contributed by atoms with E-state index in [-0.39, 0.29) is 5.92 Å². The molecule has 0 radical (unpaired) electrons. The SMILES string of the molecule is C1=CCC(c2nc(-c3ccccc3)nc(-c3cccc(-n4c5ccccc5c5ccc6c(c54)SC4C=CC=CC64)c3)n2)C=C1. The van der Waals surface area contributed by atoms with E-state index in [0.717, 1.165) is 29.1 Å². The van der Waals surface area contributed by atoms with Crippen LogP contribution in [0.15, 0.2) is 144 Å². The zero-order valence-corrected chi connectivity index (χ0v) is 24.7. The Hall–Kier alpha value is -5.00. The Kier molecular flexibility index (Phi) is 5.98. The zero-order valence-electron chi connectivity index (χ0n) is 23.9. The molecule has 6 aromatic rings. The van der Waals surface area contributed by atoms with Crippen LogP contribution in [0, 0.1) is 0 Å². The molecule has 0 bridgehead atoms. The minimum Gasteiger partial charge on any atom is -0.308 e. The summed E-state index contributed by atoms with van der Waals surface area (Å²) in [4.78, 5) is 16.4. The molecule has 3 unspecified atom stereocenters. The van der Waals surface area contributed by atoms with E-state index in [1.165, 1.54) is 32.3 Å². The van der Waals surface area contributed by atoms with Gasteiger partial charge in [0.05, 0.1) is 11.0 Å². The number of fused-ring (bicyclic) bond motifs is 7. The van der Waals surface area contributed by atoms with Crippen molar-refractivity contribution in [3.63, 3.8) is 0 Å². The molecule has 2 aromatic heterocycles. The fourth-order valence-electron chi connectivity index (χ4n) is 6.77. The molecule has 3 aliphatic rings. The maximum Gasteiger partial charge on any atom is 0.163 e. The number of nitrogens with zero attached hydrogens (tertiary/aromatic N) is 4.